The largest absolute Gasteiger partial charge is 0.490 e. The molecular weight excluding hydrogens is 366 g/mol. The van der Waals surface area contributed by atoms with Gasteiger partial charge < -0.3 is 19.6 Å². The first kappa shape index (κ1) is 19.3. The molecule has 1 aromatic heterocycles. The Morgan fingerprint density at radius 2 is 2.00 bits per heavy atom. The number of hydrogen-bond acceptors (Lipinski definition) is 7. The summed E-state index contributed by atoms with van der Waals surface area (Å²) < 4.78 is 11.0. The third-order valence-corrected chi connectivity index (χ3v) is 3.41. The summed E-state index contributed by atoms with van der Waals surface area (Å²) in [7, 11) is 0. The molecule has 0 aliphatic heterocycles. The van der Waals surface area contributed by atoms with E-state index in [4.69, 9.17) is 21.1 Å². The van der Waals surface area contributed by atoms with Crippen molar-refractivity contribution in [1.82, 2.24) is 9.97 Å². The first-order valence-corrected chi connectivity index (χ1v) is 8.00. The highest BCUT2D eigenvalue weighted by Crippen LogP contribution is 2.37. The van der Waals surface area contributed by atoms with Crippen LogP contribution >= 0.6 is 11.6 Å². The van der Waals surface area contributed by atoms with Gasteiger partial charge in [-0.05, 0) is 37.6 Å². The van der Waals surface area contributed by atoms with Gasteiger partial charge in [-0.1, -0.05) is 17.7 Å². The van der Waals surface area contributed by atoms with Crippen molar-refractivity contribution in [3.05, 3.63) is 49.0 Å². The highest BCUT2D eigenvalue weighted by atomic mass is 35.5. The third kappa shape index (κ3) is 4.31. The van der Waals surface area contributed by atoms with Gasteiger partial charge in [-0.2, -0.15) is 4.98 Å². The maximum absolute atomic E-state index is 11.6. The second kappa shape index (κ2) is 8.34. The Hall–Kier alpha value is -3.07. The van der Waals surface area contributed by atoms with Gasteiger partial charge in [0.2, 0.25) is 0 Å². The molecule has 0 amide bonds. The summed E-state index contributed by atoms with van der Waals surface area (Å²) in [5.41, 5.74) is -1.45. The van der Waals surface area contributed by atoms with Gasteiger partial charge >= 0.3 is 11.2 Å². The number of benzene rings is 1. The van der Waals surface area contributed by atoms with E-state index in [9.17, 15) is 20.0 Å². The lowest BCUT2D eigenvalue weighted by atomic mass is 10.2. The minimum atomic E-state index is -1.05. The minimum absolute atomic E-state index is 0.0546. The smallest absolute Gasteiger partial charge is 0.395 e. The number of aromatic amines is 1. The Kier molecular flexibility index (Phi) is 6.18. The van der Waals surface area contributed by atoms with E-state index in [1.165, 1.54) is 6.08 Å². The molecule has 10 heteroatoms. The average molecular weight is 382 g/mol. The zero-order valence-electron chi connectivity index (χ0n) is 14.0. The Balaban J connectivity index is 2.39. The van der Waals surface area contributed by atoms with Crippen LogP contribution in [0.1, 0.15) is 25.2 Å². The van der Waals surface area contributed by atoms with Crippen molar-refractivity contribution in [2.24, 2.45) is 0 Å². The molecule has 2 rings (SSSR count). The summed E-state index contributed by atoms with van der Waals surface area (Å²) in [4.78, 5) is 27.1. The van der Waals surface area contributed by atoms with Gasteiger partial charge in [0, 0.05) is 0 Å². The number of H-pyrrole nitrogens is 1. The van der Waals surface area contributed by atoms with Gasteiger partial charge in [0.05, 0.1) is 23.2 Å². The van der Waals surface area contributed by atoms with Crippen molar-refractivity contribution in [1.29, 1.82) is 0 Å². The normalized spacial score (nSPS) is 10.9. The Labute approximate surface area is 153 Å². The van der Waals surface area contributed by atoms with Crippen LogP contribution in [0.25, 0.3) is 12.2 Å². The Morgan fingerprint density at radius 3 is 2.58 bits per heavy atom. The van der Waals surface area contributed by atoms with Crippen LogP contribution in [0.2, 0.25) is 5.02 Å². The van der Waals surface area contributed by atoms with E-state index in [1.54, 1.807) is 18.2 Å². The van der Waals surface area contributed by atoms with Crippen molar-refractivity contribution in [2.45, 2.75) is 13.8 Å². The van der Waals surface area contributed by atoms with E-state index in [0.29, 0.717) is 35.3 Å². The molecule has 1 aromatic carbocycles. The quantitative estimate of drug-likeness (QED) is 0.557. The summed E-state index contributed by atoms with van der Waals surface area (Å²) in [6.07, 6.45) is 2.92. The molecule has 0 unspecified atom stereocenters. The summed E-state index contributed by atoms with van der Waals surface area (Å²) in [6.45, 7) is 4.47. The van der Waals surface area contributed by atoms with Crippen LogP contribution in [0, 0.1) is 10.1 Å². The monoisotopic (exact) mass is 381 g/mol. The molecule has 0 aliphatic rings. The van der Waals surface area contributed by atoms with Crippen LogP contribution in [0.4, 0.5) is 5.69 Å². The van der Waals surface area contributed by atoms with E-state index in [0.717, 1.165) is 0 Å². The Morgan fingerprint density at radius 1 is 1.31 bits per heavy atom. The number of ether oxygens (including phenoxy) is 2. The van der Waals surface area contributed by atoms with Crippen LogP contribution in [-0.4, -0.2) is 33.2 Å². The molecule has 2 aromatic rings. The van der Waals surface area contributed by atoms with Gasteiger partial charge in [0.1, 0.15) is 5.82 Å². The van der Waals surface area contributed by atoms with Crippen molar-refractivity contribution < 1.29 is 19.5 Å². The van der Waals surface area contributed by atoms with Gasteiger partial charge in [-0.3, -0.25) is 14.9 Å². The van der Waals surface area contributed by atoms with Gasteiger partial charge in [0.15, 0.2) is 11.5 Å². The van der Waals surface area contributed by atoms with Crippen LogP contribution in [0.5, 0.6) is 17.4 Å². The van der Waals surface area contributed by atoms with Crippen LogP contribution in [0.3, 0.4) is 0 Å². The maximum atomic E-state index is 11.6. The van der Waals surface area contributed by atoms with Crippen molar-refractivity contribution in [3.63, 3.8) is 0 Å². The number of nitrogens with zero attached hydrogens (tertiary/aromatic N) is 2. The minimum Gasteiger partial charge on any atom is -0.490 e. The topological polar surface area (TPSA) is 128 Å². The lowest BCUT2D eigenvalue weighted by molar-refractivity contribution is -0.387. The fourth-order valence-corrected chi connectivity index (χ4v) is 2.40. The summed E-state index contributed by atoms with van der Waals surface area (Å²) in [6, 6.07) is 3.30. The summed E-state index contributed by atoms with van der Waals surface area (Å²) in [5, 5.41) is 20.5. The van der Waals surface area contributed by atoms with E-state index in [1.807, 2.05) is 13.8 Å². The third-order valence-electron chi connectivity index (χ3n) is 3.13. The number of aromatic hydroxyl groups is 1. The highest BCUT2D eigenvalue weighted by molar-refractivity contribution is 6.32. The summed E-state index contributed by atoms with van der Waals surface area (Å²) in [5.74, 6) is -0.138. The fourth-order valence-electron chi connectivity index (χ4n) is 2.12. The molecule has 0 atom stereocenters. The molecule has 0 bridgehead atoms. The molecule has 0 radical (unpaired) electrons. The van der Waals surface area contributed by atoms with Crippen LogP contribution in [-0.2, 0) is 0 Å². The number of hydrogen-bond donors (Lipinski definition) is 2. The number of aromatic nitrogens is 2. The number of halogens is 1. The fraction of sp³-hybridized carbons (Fsp3) is 0.250. The zero-order valence-corrected chi connectivity index (χ0v) is 14.7. The molecule has 1 heterocycles. The van der Waals surface area contributed by atoms with Crippen molar-refractivity contribution in [3.8, 4) is 17.4 Å². The van der Waals surface area contributed by atoms with E-state index < -0.39 is 22.0 Å². The molecule has 0 spiro atoms. The van der Waals surface area contributed by atoms with Gasteiger partial charge in [0.25, 0.3) is 5.88 Å². The first-order valence-electron chi connectivity index (χ1n) is 7.62. The predicted octanol–water partition coefficient (Wildman–Crippen LogP) is 3.00. The molecule has 0 aliphatic carbocycles. The van der Waals surface area contributed by atoms with Crippen LogP contribution in [0.15, 0.2) is 16.9 Å². The molecule has 9 nitrogen and oxygen atoms in total. The molecule has 0 saturated heterocycles. The molecule has 0 fully saturated rings. The number of rotatable bonds is 7. The molecule has 26 heavy (non-hydrogen) atoms. The SMILES string of the molecule is CCOc1cc(/C=C/c2nc(O)c([N+](=O)[O-])c(=O)[nH]2)cc(Cl)c1OCC. The highest BCUT2D eigenvalue weighted by Gasteiger charge is 2.21. The maximum Gasteiger partial charge on any atom is 0.395 e. The molecule has 138 valence electrons. The molecular formula is C16H16ClN3O6. The Bertz CT molecular complexity index is 910. The standard InChI is InChI=1S/C16H16ClN3O6/c1-3-25-11-8-9(7-10(17)14(11)26-4-2)5-6-12-18-15(21)13(20(23)24)16(22)19-12/h5-8H,3-4H2,1-2H3,(H2,18,19,21,22)/b6-5+. The molecule has 0 saturated carbocycles. The lowest BCUT2D eigenvalue weighted by Gasteiger charge is -2.13. The second-order valence-corrected chi connectivity index (χ2v) is 5.32. The van der Waals surface area contributed by atoms with Crippen LogP contribution < -0.4 is 15.0 Å². The van der Waals surface area contributed by atoms with E-state index in [-0.39, 0.29) is 5.82 Å². The lowest BCUT2D eigenvalue weighted by Crippen LogP contribution is -2.14. The summed E-state index contributed by atoms with van der Waals surface area (Å²) >= 11 is 6.21. The number of nitro groups is 1. The zero-order chi connectivity index (χ0) is 19.3. The number of nitrogens with one attached hydrogen (secondary N) is 1. The average Bonchev–Trinajstić information content (AvgIpc) is 2.55. The first-order chi connectivity index (χ1) is 12.4. The second-order valence-electron chi connectivity index (χ2n) is 4.91. The van der Waals surface area contributed by atoms with Crippen molar-refractivity contribution in [2.75, 3.05) is 13.2 Å². The van der Waals surface area contributed by atoms with Crippen molar-refractivity contribution >= 4 is 29.4 Å². The van der Waals surface area contributed by atoms with E-state index in [2.05, 4.69) is 9.97 Å². The van der Waals surface area contributed by atoms with E-state index >= 15 is 0 Å². The van der Waals surface area contributed by atoms with Gasteiger partial charge in [-0.15, -0.1) is 0 Å². The molecule has 2 N–H and O–H groups in total. The predicted molar refractivity (Wildman–Crippen MR) is 95.9 cm³/mol. The van der Waals surface area contributed by atoms with Gasteiger partial charge in [-0.25, -0.2) is 0 Å².